The summed E-state index contributed by atoms with van der Waals surface area (Å²) in [4.78, 5) is 2.31. The van der Waals surface area contributed by atoms with Crippen molar-refractivity contribution in [1.82, 2.24) is 0 Å². The first-order valence-electron chi connectivity index (χ1n) is 8.64. The molecule has 6 heteroatoms. The molecule has 0 atom stereocenters. The normalized spacial score (nSPS) is 15.6. The van der Waals surface area contributed by atoms with Gasteiger partial charge in [0, 0.05) is 44.5 Å². The van der Waals surface area contributed by atoms with Crippen LogP contribution in [0.4, 0.5) is 11.4 Å². The van der Waals surface area contributed by atoms with Crippen LogP contribution in [0.3, 0.4) is 0 Å². The Labute approximate surface area is 150 Å². The Hall–Kier alpha value is -2.31. The minimum absolute atomic E-state index is 0.771. The lowest BCUT2D eigenvalue weighted by Crippen LogP contribution is -2.72. The molecule has 25 heavy (non-hydrogen) atoms. The molecule has 1 aromatic rings. The molecule has 1 heterocycles. The van der Waals surface area contributed by atoms with Gasteiger partial charge in [-0.2, -0.15) is 5.10 Å². The second-order valence-corrected chi connectivity index (χ2v) is 5.66. The van der Waals surface area contributed by atoms with Gasteiger partial charge >= 0.3 is 0 Å². The number of benzene rings is 1. The van der Waals surface area contributed by atoms with Gasteiger partial charge in [-0.15, -0.1) is 0 Å². The van der Waals surface area contributed by atoms with Gasteiger partial charge in [-0.3, -0.25) is 5.01 Å². The summed E-state index contributed by atoms with van der Waals surface area (Å²) in [6.07, 6.45) is 10.8. The third-order valence-electron chi connectivity index (χ3n) is 3.94. The predicted molar refractivity (Wildman–Crippen MR) is 104 cm³/mol. The number of hydrazone groups is 1. The van der Waals surface area contributed by atoms with Crippen LogP contribution in [0.1, 0.15) is 6.42 Å². The molecule has 0 aromatic heterocycles. The van der Waals surface area contributed by atoms with Crippen molar-refractivity contribution in [2.24, 2.45) is 5.10 Å². The largest absolute Gasteiger partial charge is 0.494 e. The highest BCUT2D eigenvalue weighted by Gasteiger charge is 2.14. The second kappa shape index (κ2) is 10.5. The number of ether oxygens (including phenoxy) is 2. The van der Waals surface area contributed by atoms with Crippen LogP contribution in [0.2, 0.25) is 0 Å². The van der Waals surface area contributed by atoms with E-state index in [4.69, 9.17) is 9.47 Å². The smallest absolute Gasteiger partial charge is 0.146 e. The van der Waals surface area contributed by atoms with E-state index in [9.17, 15) is 0 Å². The maximum absolute atomic E-state index is 5.57. The summed E-state index contributed by atoms with van der Waals surface area (Å²) in [5.41, 5.74) is 2.10. The van der Waals surface area contributed by atoms with Crippen molar-refractivity contribution in [3.63, 3.8) is 0 Å². The van der Waals surface area contributed by atoms with Crippen LogP contribution in [0, 0.1) is 0 Å². The third kappa shape index (κ3) is 5.92. The summed E-state index contributed by atoms with van der Waals surface area (Å²) in [5.74, 6) is 0.820. The lowest BCUT2D eigenvalue weighted by atomic mass is 10.2. The standard InChI is InChI=1S/C19H28N4O2/c1-20-10-6-4-5-7-11-21-22(2)18-9-8-17(16-19(18)24-3)23-12-14-25-15-13-23/h4-6,8-11,16,20H,7,12-15H2,1-3H3/p+1/b5-4-,10-6-,21-11+. The average Bonchev–Trinajstić information content (AvgIpc) is 2.67. The summed E-state index contributed by atoms with van der Waals surface area (Å²) in [6.45, 7) is 3.36. The first-order valence-corrected chi connectivity index (χ1v) is 8.64. The molecule has 1 aromatic carbocycles. The number of rotatable bonds is 8. The van der Waals surface area contributed by atoms with Gasteiger partial charge in [0.05, 0.1) is 33.6 Å². The van der Waals surface area contributed by atoms with E-state index in [1.54, 1.807) is 7.11 Å². The third-order valence-corrected chi connectivity index (χ3v) is 3.94. The van der Waals surface area contributed by atoms with E-state index >= 15 is 0 Å². The van der Waals surface area contributed by atoms with E-state index in [1.165, 1.54) is 0 Å². The Morgan fingerprint density at radius 1 is 1.32 bits per heavy atom. The zero-order valence-corrected chi connectivity index (χ0v) is 15.4. The van der Waals surface area contributed by atoms with E-state index in [-0.39, 0.29) is 0 Å². The molecular weight excluding hydrogens is 316 g/mol. The van der Waals surface area contributed by atoms with Gasteiger partial charge in [-0.25, -0.2) is 0 Å². The first-order chi connectivity index (χ1) is 12.3. The Balaban J connectivity index is 1.99. The fourth-order valence-electron chi connectivity index (χ4n) is 2.58. The van der Waals surface area contributed by atoms with Gasteiger partial charge in [-0.05, 0) is 18.2 Å². The molecule has 0 saturated carbocycles. The first kappa shape index (κ1) is 19.0. The van der Waals surface area contributed by atoms with Crippen LogP contribution in [0.25, 0.3) is 0 Å². The number of nitrogens with two attached hydrogens (primary N) is 1. The van der Waals surface area contributed by atoms with Crippen LogP contribution in [-0.4, -0.2) is 53.7 Å². The Morgan fingerprint density at radius 2 is 2.12 bits per heavy atom. The van der Waals surface area contributed by atoms with Crippen LogP contribution in [-0.2, 0) is 4.74 Å². The van der Waals surface area contributed by atoms with E-state index in [1.807, 2.05) is 49.0 Å². The highest BCUT2D eigenvalue weighted by molar-refractivity contribution is 5.68. The monoisotopic (exact) mass is 345 g/mol. The molecule has 0 bridgehead atoms. The Kier molecular flexibility index (Phi) is 8.01. The molecule has 0 aliphatic carbocycles. The number of allylic oxidation sites excluding steroid dienone is 3. The average molecular weight is 345 g/mol. The molecule has 1 aliphatic rings. The van der Waals surface area contributed by atoms with Crippen molar-refractivity contribution >= 4 is 17.6 Å². The van der Waals surface area contributed by atoms with E-state index < -0.39 is 0 Å². The van der Waals surface area contributed by atoms with Crippen LogP contribution in [0.5, 0.6) is 5.75 Å². The van der Waals surface area contributed by atoms with E-state index in [2.05, 4.69) is 34.3 Å². The molecule has 0 amide bonds. The quantitative estimate of drug-likeness (QED) is 0.442. The zero-order chi connectivity index (χ0) is 17.9. The van der Waals surface area contributed by atoms with Crippen molar-refractivity contribution in [1.29, 1.82) is 0 Å². The number of anilines is 2. The molecule has 1 fully saturated rings. The summed E-state index contributed by atoms with van der Waals surface area (Å²) in [5, 5.41) is 8.31. The van der Waals surface area contributed by atoms with Gasteiger partial charge < -0.3 is 19.7 Å². The lowest BCUT2D eigenvalue weighted by Gasteiger charge is -2.29. The minimum Gasteiger partial charge on any atom is -0.494 e. The van der Waals surface area contributed by atoms with Gasteiger partial charge in [0.1, 0.15) is 11.4 Å². The molecule has 2 rings (SSSR count). The maximum Gasteiger partial charge on any atom is 0.146 e. The van der Waals surface area contributed by atoms with Crippen molar-refractivity contribution in [2.75, 3.05) is 57.4 Å². The van der Waals surface area contributed by atoms with Gasteiger partial charge in [0.25, 0.3) is 0 Å². The molecular formula is C19H29N4O2+. The number of methoxy groups -OCH3 is 1. The van der Waals surface area contributed by atoms with Gasteiger partial charge in [0.2, 0.25) is 0 Å². The van der Waals surface area contributed by atoms with Crippen molar-refractivity contribution in [2.45, 2.75) is 6.42 Å². The number of hydrogen-bond acceptors (Lipinski definition) is 5. The summed E-state index contributed by atoms with van der Waals surface area (Å²) in [7, 11) is 5.62. The van der Waals surface area contributed by atoms with Crippen LogP contribution >= 0.6 is 0 Å². The minimum atomic E-state index is 0.771. The van der Waals surface area contributed by atoms with Crippen LogP contribution in [0.15, 0.2) is 47.7 Å². The van der Waals surface area contributed by atoms with E-state index in [0.717, 1.165) is 49.8 Å². The lowest BCUT2D eigenvalue weighted by molar-refractivity contribution is -0.556. The van der Waals surface area contributed by atoms with Crippen LogP contribution < -0.4 is 20.0 Å². The van der Waals surface area contributed by atoms with Crippen molar-refractivity contribution < 1.29 is 14.8 Å². The van der Waals surface area contributed by atoms with Gasteiger partial charge in [-0.1, -0.05) is 12.2 Å². The maximum atomic E-state index is 5.57. The van der Waals surface area contributed by atoms with Crippen molar-refractivity contribution in [3.05, 3.63) is 42.6 Å². The summed E-state index contributed by atoms with van der Waals surface area (Å²) >= 11 is 0. The number of morpholine rings is 1. The SMILES string of the molecule is C[NH2+]/C=C\C=C/C/C=N/N(C)c1ccc(N2CCOCC2)cc1OC. The molecule has 1 aliphatic heterocycles. The number of nitrogens with zero attached hydrogens (tertiary/aromatic N) is 3. The molecule has 136 valence electrons. The summed E-state index contributed by atoms with van der Waals surface area (Å²) in [6, 6.07) is 6.23. The number of quaternary nitrogens is 1. The molecule has 1 saturated heterocycles. The zero-order valence-electron chi connectivity index (χ0n) is 15.4. The molecule has 2 N–H and O–H groups in total. The second-order valence-electron chi connectivity index (χ2n) is 5.66. The molecule has 0 unspecified atom stereocenters. The summed E-state index contributed by atoms with van der Waals surface area (Å²) < 4.78 is 11.0. The highest BCUT2D eigenvalue weighted by Crippen LogP contribution is 2.32. The predicted octanol–water partition coefficient (Wildman–Crippen LogP) is 1.61. The topological polar surface area (TPSA) is 53.9 Å². The Morgan fingerprint density at radius 3 is 2.84 bits per heavy atom. The van der Waals surface area contributed by atoms with Crippen molar-refractivity contribution in [3.8, 4) is 5.75 Å². The fourth-order valence-corrected chi connectivity index (χ4v) is 2.58. The molecule has 0 radical (unpaired) electrons. The molecule has 0 spiro atoms. The molecule has 6 nitrogen and oxygen atoms in total. The fraction of sp³-hybridized carbons (Fsp3) is 0.421. The number of hydrogen-bond donors (Lipinski definition) is 1. The van der Waals surface area contributed by atoms with E-state index in [0.29, 0.717) is 0 Å². The highest BCUT2D eigenvalue weighted by atomic mass is 16.5. The van der Waals surface area contributed by atoms with Gasteiger partial charge in [0.15, 0.2) is 0 Å². The Bertz CT molecular complexity index is 607.